The van der Waals surface area contributed by atoms with Crippen LogP contribution in [0.4, 0.5) is 5.13 Å². The van der Waals surface area contributed by atoms with Crippen molar-refractivity contribution >= 4 is 16.5 Å². The van der Waals surface area contributed by atoms with Crippen LogP contribution < -0.4 is 10.2 Å². The number of rotatable bonds is 8. The number of anilines is 1. The van der Waals surface area contributed by atoms with Gasteiger partial charge in [0.05, 0.1) is 5.69 Å². The van der Waals surface area contributed by atoms with Gasteiger partial charge in [-0.25, -0.2) is 4.98 Å². The van der Waals surface area contributed by atoms with Crippen LogP contribution in [0.5, 0.6) is 0 Å². The normalized spacial score (nSPS) is 16.6. The van der Waals surface area contributed by atoms with Gasteiger partial charge in [0.15, 0.2) is 5.13 Å². The highest BCUT2D eigenvalue weighted by Gasteiger charge is 2.30. The quantitative estimate of drug-likeness (QED) is 0.789. The SMILES string of the molecule is CCC(C)CN(CC)c1nc(C2CC2)c(CNC)s1. The fourth-order valence-electron chi connectivity index (χ4n) is 2.30. The third-order valence-electron chi connectivity index (χ3n) is 3.90. The van der Waals surface area contributed by atoms with Gasteiger partial charge in [0, 0.05) is 30.4 Å². The predicted octanol–water partition coefficient (Wildman–Crippen LogP) is 3.61. The lowest BCUT2D eigenvalue weighted by Gasteiger charge is -2.23. The number of hydrogen-bond acceptors (Lipinski definition) is 4. The zero-order valence-electron chi connectivity index (χ0n) is 12.7. The molecule has 4 heteroatoms. The lowest BCUT2D eigenvalue weighted by Crippen LogP contribution is -2.27. The van der Waals surface area contributed by atoms with Gasteiger partial charge in [0.2, 0.25) is 0 Å². The van der Waals surface area contributed by atoms with E-state index in [0.717, 1.165) is 31.5 Å². The Balaban J connectivity index is 2.15. The molecule has 0 aliphatic heterocycles. The molecule has 1 aromatic heterocycles. The van der Waals surface area contributed by atoms with E-state index in [9.17, 15) is 0 Å². The Morgan fingerprint density at radius 3 is 2.68 bits per heavy atom. The summed E-state index contributed by atoms with van der Waals surface area (Å²) in [4.78, 5) is 8.85. The van der Waals surface area contributed by atoms with Crippen LogP contribution in [0.25, 0.3) is 0 Å². The second-order valence-electron chi connectivity index (χ2n) is 5.66. The van der Waals surface area contributed by atoms with Crippen molar-refractivity contribution in [2.45, 2.75) is 52.5 Å². The van der Waals surface area contributed by atoms with Crippen LogP contribution in [-0.4, -0.2) is 25.1 Å². The first-order chi connectivity index (χ1) is 9.19. The minimum atomic E-state index is 0.737. The van der Waals surface area contributed by atoms with Crippen molar-refractivity contribution < 1.29 is 0 Å². The Labute approximate surface area is 121 Å². The van der Waals surface area contributed by atoms with Crippen molar-refractivity contribution in [1.82, 2.24) is 10.3 Å². The molecule has 108 valence electrons. The minimum absolute atomic E-state index is 0.737. The van der Waals surface area contributed by atoms with E-state index in [1.807, 2.05) is 18.4 Å². The molecular formula is C15H27N3S. The van der Waals surface area contributed by atoms with E-state index in [1.54, 1.807) is 0 Å². The minimum Gasteiger partial charge on any atom is -0.348 e. The molecule has 0 radical (unpaired) electrons. The molecule has 0 spiro atoms. The number of nitrogens with zero attached hydrogens (tertiary/aromatic N) is 2. The van der Waals surface area contributed by atoms with Gasteiger partial charge in [-0.3, -0.25) is 0 Å². The highest BCUT2D eigenvalue weighted by atomic mass is 32.1. The number of nitrogens with one attached hydrogen (secondary N) is 1. The van der Waals surface area contributed by atoms with Crippen molar-refractivity contribution in [1.29, 1.82) is 0 Å². The molecule has 0 amide bonds. The number of thiazole rings is 1. The summed E-state index contributed by atoms with van der Waals surface area (Å²) < 4.78 is 0. The fourth-order valence-corrected chi connectivity index (χ4v) is 3.53. The fraction of sp³-hybridized carbons (Fsp3) is 0.800. The van der Waals surface area contributed by atoms with Gasteiger partial charge in [-0.2, -0.15) is 0 Å². The van der Waals surface area contributed by atoms with E-state index < -0.39 is 0 Å². The van der Waals surface area contributed by atoms with E-state index in [4.69, 9.17) is 4.98 Å². The Kier molecular flexibility index (Phi) is 5.22. The molecule has 1 unspecified atom stereocenters. The summed E-state index contributed by atoms with van der Waals surface area (Å²) >= 11 is 1.89. The topological polar surface area (TPSA) is 28.2 Å². The summed E-state index contributed by atoms with van der Waals surface area (Å²) in [6, 6.07) is 0. The third-order valence-corrected chi connectivity index (χ3v) is 5.03. The Morgan fingerprint density at radius 2 is 2.16 bits per heavy atom. The molecular weight excluding hydrogens is 254 g/mol. The molecule has 1 aromatic rings. The highest BCUT2D eigenvalue weighted by Crippen LogP contribution is 2.44. The molecule has 0 bridgehead atoms. The summed E-state index contributed by atoms with van der Waals surface area (Å²) in [7, 11) is 2.02. The third kappa shape index (κ3) is 3.69. The lowest BCUT2D eigenvalue weighted by molar-refractivity contribution is 0.547. The summed E-state index contributed by atoms with van der Waals surface area (Å²) in [6.07, 6.45) is 3.90. The van der Waals surface area contributed by atoms with Crippen molar-refractivity contribution in [3.8, 4) is 0 Å². The summed E-state index contributed by atoms with van der Waals surface area (Å²) in [5.74, 6) is 1.48. The number of hydrogen-bond donors (Lipinski definition) is 1. The molecule has 1 heterocycles. The molecule has 2 rings (SSSR count). The lowest BCUT2D eigenvalue weighted by atomic mass is 10.1. The first-order valence-corrected chi connectivity index (χ1v) is 8.40. The molecule has 1 fully saturated rings. The molecule has 1 aliphatic carbocycles. The van der Waals surface area contributed by atoms with Gasteiger partial charge in [0.1, 0.15) is 0 Å². The molecule has 1 atom stereocenters. The highest BCUT2D eigenvalue weighted by molar-refractivity contribution is 7.15. The van der Waals surface area contributed by atoms with Crippen LogP contribution in [0.1, 0.15) is 56.5 Å². The monoisotopic (exact) mass is 281 g/mol. The molecule has 0 saturated heterocycles. The van der Waals surface area contributed by atoms with Crippen LogP contribution in [0.2, 0.25) is 0 Å². The van der Waals surface area contributed by atoms with Gasteiger partial charge in [-0.15, -0.1) is 11.3 Å². The molecule has 3 nitrogen and oxygen atoms in total. The van der Waals surface area contributed by atoms with Crippen molar-refractivity contribution in [3.63, 3.8) is 0 Å². The Morgan fingerprint density at radius 1 is 1.42 bits per heavy atom. The average Bonchev–Trinajstić information content (AvgIpc) is 3.18. The maximum Gasteiger partial charge on any atom is 0.185 e. The van der Waals surface area contributed by atoms with Crippen molar-refractivity contribution in [3.05, 3.63) is 10.6 Å². The van der Waals surface area contributed by atoms with Gasteiger partial charge in [0.25, 0.3) is 0 Å². The molecule has 1 saturated carbocycles. The van der Waals surface area contributed by atoms with Crippen molar-refractivity contribution in [2.75, 3.05) is 25.0 Å². The van der Waals surface area contributed by atoms with Crippen LogP contribution in [-0.2, 0) is 6.54 Å². The summed E-state index contributed by atoms with van der Waals surface area (Å²) in [6.45, 7) is 9.97. The molecule has 19 heavy (non-hydrogen) atoms. The van der Waals surface area contributed by atoms with E-state index >= 15 is 0 Å². The van der Waals surface area contributed by atoms with Gasteiger partial charge < -0.3 is 10.2 Å². The van der Waals surface area contributed by atoms with E-state index in [2.05, 4.69) is 31.0 Å². The van der Waals surface area contributed by atoms with Gasteiger partial charge in [-0.05, 0) is 32.7 Å². The average molecular weight is 281 g/mol. The van der Waals surface area contributed by atoms with Crippen LogP contribution in [0.3, 0.4) is 0 Å². The second kappa shape index (κ2) is 6.71. The number of aromatic nitrogens is 1. The van der Waals surface area contributed by atoms with E-state index in [-0.39, 0.29) is 0 Å². The van der Waals surface area contributed by atoms with Crippen molar-refractivity contribution in [2.24, 2.45) is 5.92 Å². The maximum absolute atomic E-state index is 4.95. The Hall–Kier alpha value is -0.610. The van der Waals surface area contributed by atoms with Crippen LogP contribution in [0, 0.1) is 5.92 Å². The van der Waals surface area contributed by atoms with E-state index in [1.165, 1.54) is 35.0 Å². The zero-order chi connectivity index (χ0) is 13.8. The Bertz CT molecular complexity index is 398. The van der Waals surface area contributed by atoms with Crippen LogP contribution >= 0.6 is 11.3 Å². The predicted molar refractivity (Wildman–Crippen MR) is 84.2 cm³/mol. The first kappa shape index (κ1) is 14.8. The smallest absolute Gasteiger partial charge is 0.185 e. The van der Waals surface area contributed by atoms with Gasteiger partial charge in [-0.1, -0.05) is 20.3 Å². The maximum atomic E-state index is 4.95. The van der Waals surface area contributed by atoms with E-state index in [0.29, 0.717) is 0 Å². The van der Waals surface area contributed by atoms with Gasteiger partial charge >= 0.3 is 0 Å². The largest absolute Gasteiger partial charge is 0.348 e. The van der Waals surface area contributed by atoms with Crippen LogP contribution in [0.15, 0.2) is 0 Å². The summed E-state index contributed by atoms with van der Waals surface area (Å²) in [5.41, 5.74) is 1.37. The zero-order valence-corrected chi connectivity index (χ0v) is 13.5. The second-order valence-corrected chi connectivity index (χ2v) is 6.72. The first-order valence-electron chi connectivity index (χ1n) is 7.58. The molecule has 1 aliphatic rings. The summed E-state index contributed by atoms with van der Waals surface area (Å²) in [5, 5.41) is 4.51. The molecule has 0 aromatic carbocycles. The standard InChI is InChI=1S/C15H27N3S/c1-5-11(3)10-18(6-2)15-17-14(12-7-8-12)13(19-15)9-16-4/h11-12,16H,5-10H2,1-4H3. The molecule has 1 N–H and O–H groups in total.